The zero-order chi connectivity index (χ0) is 13.7. The molecule has 1 aliphatic rings. The first-order valence-electron chi connectivity index (χ1n) is 6.57. The van der Waals surface area contributed by atoms with Crippen molar-refractivity contribution >= 4 is 5.69 Å². The highest BCUT2D eigenvalue weighted by Crippen LogP contribution is 2.13. The third-order valence-corrected chi connectivity index (χ3v) is 3.44. The molecule has 0 radical (unpaired) electrons. The van der Waals surface area contributed by atoms with Gasteiger partial charge in [0.25, 0.3) is 5.69 Å². The van der Waals surface area contributed by atoms with Crippen LogP contribution in [0.5, 0.6) is 0 Å². The fourth-order valence-corrected chi connectivity index (χ4v) is 2.33. The minimum Gasteiger partial charge on any atom is -0.329 e. The number of hydrogen-bond acceptors (Lipinski definition) is 5. The van der Waals surface area contributed by atoms with Crippen molar-refractivity contribution in [1.82, 2.24) is 9.80 Å². The highest BCUT2D eigenvalue weighted by molar-refractivity contribution is 5.32. The van der Waals surface area contributed by atoms with Crippen LogP contribution >= 0.6 is 0 Å². The Hall–Kier alpha value is -1.50. The van der Waals surface area contributed by atoms with Crippen LogP contribution in [0.15, 0.2) is 24.3 Å². The lowest BCUT2D eigenvalue weighted by Gasteiger charge is -2.17. The Morgan fingerprint density at radius 1 is 1.16 bits per heavy atom. The summed E-state index contributed by atoms with van der Waals surface area (Å²) in [6.45, 7) is 5.78. The molecule has 0 saturated carbocycles. The molecular weight excluding hydrogens is 244 g/mol. The van der Waals surface area contributed by atoms with Gasteiger partial charge in [0.15, 0.2) is 0 Å². The summed E-state index contributed by atoms with van der Waals surface area (Å²) in [6, 6.07) is 6.82. The lowest BCUT2D eigenvalue weighted by atomic mass is 10.1. The summed E-state index contributed by atoms with van der Waals surface area (Å²) in [6.07, 6.45) is 0.925. The molecule has 1 aliphatic heterocycles. The molecule has 1 aromatic carbocycles. The van der Waals surface area contributed by atoms with Gasteiger partial charge in [-0.1, -0.05) is 12.1 Å². The molecule has 0 aromatic heterocycles. The first kappa shape index (κ1) is 13.9. The largest absolute Gasteiger partial charge is 0.329 e. The number of hydrogen-bond donors (Lipinski definition) is 1. The van der Waals surface area contributed by atoms with Crippen molar-refractivity contribution in [2.75, 3.05) is 39.4 Å². The number of nitro groups is 1. The van der Waals surface area contributed by atoms with E-state index in [0.29, 0.717) is 6.54 Å². The second-order valence-electron chi connectivity index (χ2n) is 4.84. The van der Waals surface area contributed by atoms with Crippen LogP contribution in [0.2, 0.25) is 0 Å². The summed E-state index contributed by atoms with van der Waals surface area (Å²) in [5.41, 5.74) is 6.84. The molecule has 0 atom stereocenters. The molecule has 1 fully saturated rings. The minimum absolute atomic E-state index is 0.152. The average Bonchev–Trinajstić information content (AvgIpc) is 2.85. The average molecular weight is 264 g/mol. The highest BCUT2D eigenvalue weighted by Gasteiger charge is 2.18. The van der Waals surface area contributed by atoms with Crippen LogP contribution in [0.1, 0.15) is 5.56 Å². The van der Waals surface area contributed by atoms with Gasteiger partial charge in [0.2, 0.25) is 0 Å². The number of nitrogens with two attached hydrogens (primary N) is 1. The Balaban J connectivity index is 1.78. The second kappa shape index (κ2) is 6.60. The summed E-state index contributed by atoms with van der Waals surface area (Å²) in [5, 5.41) is 10.6. The van der Waals surface area contributed by atoms with E-state index in [9.17, 15) is 10.1 Å². The van der Waals surface area contributed by atoms with Crippen LogP contribution in [0.25, 0.3) is 0 Å². The van der Waals surface area contributed by atoms with E-state index in [1.165, 1.54) is 0 Å². The SMILES string of the molecule is NCCN1CCN(CCc2ccc([N+](=O)[O-])cc2)C1. The van der Waals surface area contributed by atoms with Gasteiger partial charge in [-0.25, -0.2) is 0 Å². The van der Waals surface area contributed by atoms with Gasteiger partial charge in [-0.05, 0) is 12.0 Å². The van der Waals surface area contributed by atoms with E-state index in [-0.39, 0.29) is 10.6 Å². The lowest BCUT2D eigenvalue weighted by molar-refractivity contribution is -0.384. The molecule has 0 aliphatic carbocycles. The van der Waals surface area contributed by atoms with E-state index in [4.69, 9.17) is 5.73 Å². The standard InChI is InChI=1S/C13H20N4O2/c14-6-8-16-10-9-15(11-16)7-5-12-1-3-13(4-2-12)17(18)19/h1-4H,5-11,14H2. The van der Waals surface area contributed by atoms with E-state index < -0.39 is 0 Å². The van der Waals surface area contributed by atoms with Gasteiger partial charge in [-0.15, -0.1) is 0 Å². The number of nitrogens with zero attached hydrogens (tertiary/aromatic N) is 3. The monoisotopic (exact) mass is 264 g/mol. The van der Waals surface area contributed by atoms with E-state index in [1.54, 1.807) is 12.1 Å². The summed E-state index contributed by atoms with van der Waals surface area (Å²) in [5.74, 6) is 0. The molecule has 6 nitrogen and oxygen atoms in total. The molecule has 2 rings (SSSR count). The van der Waals surface area contributed by atoms with E-state index >= 15 is 0 Å². The maximum atomic E-state index is 10.6. The Bertz CT molecular complexity index is 421. The molecule has 1 saturated heterocycles. The first-order valence-corrected chi connectivity index (χ1v) is 6.57. The van der Waals surface area contributed by atoms with Gasteiger partial charge in [0, 0.05) is 44.9 Å². The predicted molar refractivity (Wildman–Crippen MR) is 73.9 cm³/mol. The summed E-state index contributed by atoms with van der Waals surface area (Å²) in [7, 11) is 0. The number of non-ortho nitro benzene ring substituents is 1. The molecule has 0 amide bonds. The molecule has 19 heavy (non-hydrogen) atoms. The third kappa shape index (κ3) is 3.99. The Kier molecular flexibility index (Phi) is 4.84. The zero-order valence-electron chi connectivity index (χ0n) is 11.0. The Morgan fingerprint density at radius 2 is 1.79 bits per heavy atom. The maximum Gasteiger partial charge on any atom is 0.269 e. The molecule has 104 valence electrons. The topological polar surface area (TPSA) is 75.6 Å². The van der Waals surface area contributed by atoms with Gasteiger partial charge in [-0.2, -0.15) is 0 Å². The summed E-state index contributed by atoms with van der Waals surface area (Å²) >= 11 is 0. The van der Waals surface area contributed by atoms with Crippen molar-refractivity contribution in [3.63, 3.8) is 0 Å². The number of rotatable bonds is 6. The molecule has 0 unspecified atom stereocenters. The Morgan fingerprint density at radius 3 is 2.37 bits per heavy atom. The summed E-state index contributed by atoms with van der Waals surface area (Å²) < 4.78 is 0. The molecule has 2 N–H and O–H groups in total. The molecule has 1 aromatic rings. The van der Waals surface area contributed by atoms with Crippen molar-refractivity contribution in [3.05, 3.63) is 39.9 Å². The van der Waals surface area contributed by atoms with Crippen molar-refractivity contribution < 1.29 is 4.92 Å². The fourth-order valence-electron chi connectivity index (χ4n) is 2.33. The van der Waals surface area contributed by atoms with Crippen LogP contribution in [0, 0.1) is 10.1 Å². The fraction of sp³-hybridized carbons (Fsp3) is 0.538. The molecular formula is C13H20N4O2. The van der Waals surface area contributed by atoms with Gasteiger partial charge in [-0.3, -0.25) is 19.9 Å². The molecule has 0 spiro atoms. The number of nitro benzene ring substituents is 1. The highest BCUT2D eigenvalue weighted by atomic mass is 16.6. The van der Waals surface area contributed by atoms with E-state index in [1.807, 2.05) is 12.1 Å². The van der Waals surface area contributed by atoms with Crippen molar-refractivity contribution in [2.24, 2.45) is 5.73 Å². The van der Waals surface area contributed by atoms with Crippen LogP contribution < -0.4 is 5.73 Å². The maximum absolute atomic E-state index is 10.6. The van der Waals surface area contributed by atoms with Gasteiger partial charge < -0.3 is 5.73 Å². The van der Waals surface area contributed by atoms with Crippen molar-refractivity contribution in [1.29, 1.82) is 0 Å². The van der Waals surface area contributed by atoms with Crippen LogP contribution in [-0.4, -0.2) is 54.1 Å². The van der Waals surface area contributed by atoms with E-state index in [0.717, 1.165) is 44.8 Å². The van der Waals surface area contributed by atoms with Crippen molar-refractivity contribution in [3.8, 4) is 0 Å². The van der Waals surface area contributed by atoms with Gasteiger partial charge in [0.1, 0.15) is 0 Å². The lowest BCUT2D eigenvalue weighted by Crippen LogP contribution is -2.30. The van der Waals surface area contributed by atoms with Crippen LogP contribution in [0.4, 0.5) is 5.69 Å². The van der Waals surface area contributed by atoms with Crippen LogP contribution in [0.3, 0.4) is 0 Å². The summed E-state index contributed by atoms with van der Waals surface area (Å²) in [4.78, 5) is 14.9. The molecule has 0 bridgehead atoms. The quantitative estimate of drug-likeness (QED) is 0.604. The normalized spacial score (nSPS) is 16.9. The van der Waals surface area contributed by atoms with Crippen LogP contribution in [-0.2, 0) is 6.42 Å². The van der Waals surface area contributed by atoms with Gasteiger partial charge in [0.05, 0.1) is 11.6 Å². The number of benzene rings is 1. The third-order valence-electron chi connectivity index (χ3n) is 3.44. The van der Waals surface area contributed by atoms with Crippen molar-refractivity contribution in [2.45, 2.75) is 6.42 Å². The Labute approximate surface area is 112 Å². The minimum atomic E-state index is -0.366. The van der Waals surface area contributed by atoms with E-state index in [2.05, 4.69) is 9.80 Å². The zero-order valence-corrected chi connectivity index (χ0v) is 11.0. The van der Waals surface area contributed by atoms with Gasteiger partial charge >= 0.3 is 0 Å². The predicted octanol–water partition coefficient (Wildman–Crippen LogP) is 0.671. The molecule has 6 heteroatoms. The molecule has 1 heterocycles. The first-order chi connectivity index (χ1) is 9.19. The second-order valence-corrected chi connectivity index (χ2v) is 4.84. The smallest absolute Gasteiger partial charge is 0.269 e.